The minimum atomic E-state index is 0.430. The molecule has 0 aliphatic carbocycles. The first-order valence-electron chi connectivity index (χ1n) is 7.05. The lowest BCUT2D eigenvalue weighted by Crippen LogP contribution is -1.95. The molecule has 0 saturated carbocycles. The third-order valence-corrected chi connectivity index (χ3v) is 3.59. The van der Waals surface area contributed by atoms with E-state index in [1.807, 2.05) is 55.5 Å². The lowest BCUT2D eigenvalue weighted by molar-refractivity contribution is 0.306. The molecule has 2 aromatic carbocycles. The molecular weight excluding hydrogens is 300 g/mol. The number of benzene rings is 2. The zero-order valence-corrected chi connectivity index (χ0v) is 12.9. The van der Waals surface area contributed by atoms with Crippen molar-refractivity contribution in [1.82, 2.24) is 10.2 Å². The largest absolute Gasteiger partial charge is 0.489 e. The van der Waals surface area contributed by atoms with E-state index in [0.29, 0.717) is 23.4 Å². The molecule has 0 radical (unpaired) electrons. The van der Waals surface area contributed by atoms with Gasteiger partial charge in [-0.2, -0.15) is 0 Å². The van der Waals surface area contributed by atoms with Crippen LogP contribution in [-0.4, -0.2) is 10.2 Å². The van der Waals surface area contributed by atoms with Crippen LogP contribution in [0.25, 0.3) is 11.5 Å². The van der Waals surface area contributed by atoms with Crippen LogP contribution in [0, 0.1) is 0 Å². The van der Waals surface area contributed by atoms with Crippen molar-refractivity contribution < 1.29 is 9.15 Å². The maximum atomic E-state index is 6.10. The van der Waals surface area contributed by atoms with E-state index in [4.69, 9.17) is 20.8 Å². The van der Waals surface area contributed by atoms with Crippen molar-refractivity contribution in [1.29, 1.82) is 0 Å². The molecule has 1 aromatic heterocycles. The molecule has 1 heterocycles. The van der Waals surface area contributed by atoms with Crippen molar-refractivity contribution in [2.45, 2.75) is 20.0 Å². The third kappa shape index (κ3) is 3.28. The zero-order chi connectivity index (χ0) is 15.4. The monoisotopic (exact) mass is 314 g/mol. The smallest absolute Gasteiger partial charge is 0.247 e. The lowest BCUT2D eigenvalue weighted by atomic mass is 10.2. The molecule has 0 bridgehead atoms. The zero-order valence-electron chi connectivity index (χ0n) is 12.1. The summed E-state index contributed by atoms with van der Waals surface area (Å²) >= 11 is 6.10. The first-order valence-corrected chi connectivity index (χ1v) is 7.43. The Balaban J connectivity index is 1.68. The molecule has 0 spiro atoms. The fourth-order valence-electron chi connectivity index (χ4n) is 1.98. The highest BCUT2D eigenvalue weighted by Crippen LogP contribution is 2.23. The SMILES string of the molecule is CCc1nnc(-c2ccc(OCc3ccccc3Cl)cc2)o1. The van der Waals surface area contributed by atoms with E-state index < -0.39 is 0 Å². The van der Waals surface area contributed by atoms with Gasteiger partial charge in [0.15, 0.2) is 0 Å². The number of nitrogens with zero attached hydrogens (tertiary/aromatic N) is 2. The van der Waals surface area contributed by atoms with Gasteiger partial charge in [-0.05, 0) is 30.3 Å². The average Bonchev–Trinajstić information content (AvgIpc) is 3.04. The molecule has 3 rings (SSSR count). The Labute approximate surface area is 133 Å². The summed E-state index contributed by atoms with van der Waals surface area (Å²) in [7, 11) is 0. The van der Waals surface area contributed by atoms with Crippen LogP contribution in [0.2, 0.25) is 5.02 Å². The maximum Gasteiger partial charge on any atom is 0.247 e. The second kappa shape index (κ2) is 6.62. The molecule has 0 fully saturated rings. The lowest BCUT2D eigenvalue weighted by Gasteiger charge is -2.07. The quantitative estimate of drug-likeness (QED) is 0.694. The van der Waals surface area contributed by atoms with Gasteiger partial charge in [0.05, 0.1) is 0 Å². The number of halogens is 1. The molecule has 0 unspecified atom stereocenters. The van der Waals surface area contributed by atoms with E-state index in [1.165, 1.54) is 0 Å². The van der Waals surface area contributed by atoms with Gasteiger partial charge in [0.1, 0.15) is 12.4 Å². The average molecular weight is 315 g/mol. The minimum Gasteiger partial charge on any atom is -0.489 e. The fraction of sp³-hybridized carbons (Fsp3) is 0.176. The van der Waals surface area contributed by atoms with Crippen LogP contribution in [-0.2, 0) is 13.0 Å². The molecule has 22 heavy (non-hydrogen) atoms. The van der Waals surface area contributed by atoms with Crippen molar-refractivity contribution in [2.24, 2.45) is 0 Å². The van der Waals surface area contributed by atoms with E-state index in [9.17, 15) is 0 Å². The summed E-state index contributed by atoms with van der Waals surface area (Å²) in [6.45, 7) is 2.41. The van der Waals surface area contributed by atoms with Crippen LogP contribution < -0.4 is 4.74 Å². The molecule has 3 aromatic rings. The molecular formula is C17H15ClN2O2. The van der Waals surface area contributed by atoms with Gasteiger partial charge in [0.2, 0.25) is 11.8 Å². The van der Waals surface area contributed by atoms with Gasteiger partial charge >= 0.3 is 0 Å². The molecule has 0 atom stereocenters. The van der Waals surface area contributed by atoms with Gasteiger partial charge in [0, 0.05) is 22.6 Å². The van der Waals surface area contributed by atoms with Crippen molar-refractivity contribution in [3.63, 3.8) is 0 Å². The molecule has 0 aliphatic rings. The van der Waals surface area contributed by atoms with Crippen LogP contribution in [0.3, 0.4) is 0 Å². The normalized spacial score (nSPS) is 10.6. The van der Waals surface area contributed by atoms with Gasteiger partial charge in [-0.15, -0.1) is 10.2 Å². The summed E-state index contributed by atoms with van der Waals surface area (Å²) in [6.07, 6.45) is 0.728. The van der Waals surface area contributed by atoms with Crippen molar-refractivity contribution in [2.75, 3.05) is 0 Å². The molecule has 0 aliphatic heterocycles. The van der Waals surface area contributed by atoms with E-state index in [1.54, 1.807) is 0 Å². The Morgan fingerprint density at radius 3 is 2.50 bits per heavy atom. The van der Waals surface area contributed by atoms with Crippen LogP contribution in [0.5, 0.6) is 5.75 Å². The second-order valence-corrected chi connectivity index (χ2v) is 5.17. The van der Waals surface area contributed by atoms with Crippen LogP contribution in [0.15, 0.2) is 52.9 Å². The first kappa shape index (κ1) is 14.6. The number of aryl methyl sites for hydroxylation is 1. The van der Waals surface area contributed by atoms with Gasteiger partial charge in [-0.1, -0.05) is 36.7 Å². The van der Waals surface area contributed by atoms with E-state index in [2.05, 4.69) is 10.2 Å². The summed E-state index contributed by atoms with van der Waals surface area (Å²) < 4.78 is 11.3. The fourth-order valence-corrected chi connectivity index (χ4v) is 2.17. The summed E-state index contributed by atoms with van der Waals surface area (Å²) in [5.41, 5.74) is 1.83. The first-order chi connectivity index (χ1) is 10.8. The summed E-state index contributed by atoms with van der Waals surface area (Å²) in [6, 6.07) is 15.2. The number of aromatic nitrogens is 2. The van der Waals surface area contributed by atoms with Crippen molar-refractivity contribution in [3.8, 4) is 17.2 Å². The minimum absolute atomic E-state index is 0.430. The van der Waals surface area contributed by atoms with Crippen molar-refractivity contribution >= 4 is 11.6 Å². The highest BCUT2D eigenvalue weighted by Gasteiger charge is 2.07. The van der Waals surface area contributed by atoms with Gasteiger partial charge in [-0.3, -0.25) is 0 Å². The Bertz CT molecular complexity index is 753. The molecule has 0 saturated heterocycles. The van der Waals surface area contributed by atoms with E-state index in [-0.39, 0.29) is 0 Å². The predicted octanol–water partition coefficient (Wildman–Crippen LogP) is 4.53. The Morgan fingerprint density at radius 1 is 1.05 bits per heavy atom. The molecule has 0 amide bonds. The number of hydrogen-bond acceptors (Lipinski definition) is 4. The number of rotatable bonds is 5. The van der Waals surface area contributed by atoms with Crippen LogP contribution in [0.1, 0.15) is 18.4 Å². The standard InChI is InChI=1S/C17H15ClN2O2/c1-2-16-19-20-17(22-16)12-7-9-14(10-8-12)21-11-13-5-3-4-6-15(13)18/h3-10H,2,11H2,1H3. The molecule has 5 heteroatoms. The summed E-state index contributed by atoms with van der Waals surface area (Å²) in [5, 5.41) is 8.68. The second-order valence-electron chi connectivity index (χ2n) is 4.76. The third-order valence-electron chi connectivity index (χ3n) is 3.22. The van der Waals surface area contributed by atoms with Crippen molar-refractivity contribution in [3.05, 3.63) is 65.0 Å². The van der Waals surface area contributed by atoms with E-state index in [0.717, 1.165) is 23.3 Å². The predicted molar refractivity (Wildman–Crippen MR) is 84.9 cm³/mol. The van der Waals surface area contributed by atoms with Gasteiger partial charge in [-0.25, -0.2) is 0 Å². The summed E-state index contributed by atoms with van der Waals surface area (Å²) in [4.78, 5) is 0. The summed E-state index contributed by atoms with van der Waals surface area (Å²) in [5.74, 6) is 1.92. The highest BCUT2D eigenvalue weighted by molar-refractivity contribution is 6.31. The highest BCUT2D eigenvalue weighted by atomic mass is 35.5. The number of ether oxygens (including phenoxy) is 1. The molecule has 4 nitrogen and oxygen atoms in total. The van der Waals surface area contributed by atoms with Gasteiger partial charge < -0.3 is 9.15 Å². The van der Waals surface area contributed by atoms with Crippen LogP contribution in [0.4, 0.5) is 0 Å². The maximum absolute atomic E-state index is 6.10. The number of hydrogen-bond donors (Lipinski definition) is 0. The van der Waals surface area contributed by atoms with Gasteiger partial charge in [0.25, 0.3) is 0 Å². The van der Waals surface area contributed by atoms with Crippen LogP contribution >= 0.6 is 11.6 Å². The molecule has 0 N–H and O–H groups in total. The Morgan fingerprint density at radius 2 is 1.82 bits per heavy atom. The Kier molecular flexibility index (Phi) is 4.39. The van der Waals surface area contributed by atoms with E-state index >= 15 is 0 Å². The topological polar surface area (TPSA) is 48.2 Å². The Hall–Kier alpha value is -2.33. The molecule has 112 valence electrons.